The second-order valence-electron chi connectivity index (χ2n) is 4.08. The van der Waals surface area contributed by atoms with Crippen molar-refractivity contribution in [2.45, 2.75) is 33.2 Å². The molecule has 0 aliphatic rings. The number of rotatable bonds is 6. The summed E-state index contributed by atoms with van der Waals surface area (Å²) in [5.74, 6) is 0. The fourth-order valence-corrected chi connectivity index (χ4v) is 1.64. The third-order valence-electron chi connectivity index (χ3n) is 2.74. The first-order valence-electron chi connectivity index (χ1n) is 6.34. The summed E-state index contributed by atoms with van der Waals surface area (Å²) in [4.78, 5) is 13.7. The molecule has 0 atom stereocenters. The molecule has 0 aliphatic carbocycles. The van der Waals surface area contributed by atoms with Crippen LogP contribution in [0.3, 0.4) is 0 Å². The SMILES string of the molecule is CCCCN(CC)C(=O)NCc1ccccc1. The highest BCUT2D eigenvalue weighted by molar-refractivity contribution is 5.74. The first kappa shape index (κ1) is 13.6. The van der Waals surface area contributed by atoms with E-state index in [1.165, 1.54) is 0 Å². The maximum atomic E-state index is 11.9. The van der Waals surface area contributed by atoms with Crippen LogP contribution in [-0.2, 0) is 6.54 Å². The summed E-state index contributed by atoms with van der Waals surface area (Å²) in [5, 5.41) is 2.95. The number of carbonyl (C=O) groups is 1. The average molecular weight is 234 g/mol. The van der Waals surface area contributed by atoms with Gasteiger partial charge in [0.15, 0.2) is 0 Å². The molecule has 94 valence electrons. The highest BCUT2D eigenvalue weighted by Gasteiger charge is 2.09. The number of carbonyl (C=O) groups excluding carboxylic acids is 1. The standard InChI is InChI=1S/C14H22N2O/c1-3-5-11-16(4-2)14(17)15-12-13-9-7-6-8-10-13/h6-10H,3-5,11-12H2,1-2H3,(H,15,17). The average Bonchev–Trinajstić information content (AvgIpc) is 2.38. The van der Waals surface area contributed by atoms with Gasteiger partial charge in [-0.15, -0.1) is 0 Å². The molecule has 0 fully saturated rings. The van der Waals surface area contributed by atoms with Gasteiger partial charge in [-0.3, -0.25) is 0 Å². The Morgan fingerprint density at radius 3 is 2.53 bits per heavy atom. The number of urea groups is 1. The predicted molar refractivity (Wildman–Crippen MR) is 70.8 cm³/mol. The summed E-state index contributed by atoms with van der Waals surface area (Å²) >= 11 is 0. The zero-order valence-corrected chi connectivity index (χ0v) is 10.8. The van der Waals surface area contributed by atoms with Gasteiger partial charge in [-0.05, 0) is 18.9 Å². The number of hydrogen-bond acceptors (Lipinski definition) is 1. The van der Waals surface area contributed by atoms with E-state index in [9.17, 15) is 4.79 Å². The van der Waals surface area contributed by atoms with Crippen LogP contribution in [0.15, 0.2) is 30.3 Å². The lowest BCUT2D eigenvalue weighted by Crippen LogP contribution is -2.40. The Balaban J connectivity index is 2.37. The molecule has 0 saturated carbocycles. The maximum Gasteiger partial charge on any atom is 0.317 e. The molecule has 0 aliphatic heterocycles. The summed E-state index contributed by atoms with van der Waals surface area (Å²) in [6.45, 7) is 6.35. The molecule has 0 radical (unpaired) electrons. The zero-order valence-electron chi connectivity index (χ0n) is 10.8. The van der Waals surface area contributed by atoms with Gasteiger partial charge in [0.2, 0.25) is 0 Å². The molecular formula is C14H22N2O. The van der Waals surface area contributed by atoms with E-state index in [1.807, 2.05) is 42.2 Å². The van der Waals surface area contributed by atoms with E-state index in [2.05, 4.69) is 12.2 Å². The monoisotopic (exact) mass is 234 g/mol. The minimum absolute atomic E-state index is 0.0322. The normalized spacial score (nSPS) is 10.0. The number of nitrogens with one attached hydrogen (secondary N) is 1. The van der Waals surface area contributed by atoms with E-state index in [4.69, 9.17) is 0 Å². The summed E-state index contributed by atoms with van der Waals surface area (Å²) in [6.07, 6.45) is 2.18. The Morgan fingerprint density at radius 1 is 1.24 bits per heavy atom. The maximum absolute atomic E-state index is 11.9. The van der Waals surface area contributed by atoms with E-state index in [0.29, 0.717) is 6.54 Å². The molecule has 0 unspecified atom stereocenters. The van der Waals surface area contributed by atoms with E-state index in [0.717, 1.165) is 31.5 Å². The number of amides is 2. The van der Waals surface area contributed by atoms with Crippen molar-refractivity contribution >= 4 is 6.03 Å². The smallest absolute Gasteiger partial charge is 0.317 e. The summed E-state index contributed by atoms with van der Waals surface area (Å²) in [7, 11) is 0. The Morgan fingerprint density at radius 2 is 1.94 bits per heavy atom. The van der Waals surface area contributed by atoms with Crippen molar-refractivity contribution in [3.05, 3.63) is 35.9 Å². The van der Waals surface area contributed by atoms with Gasteiger partial charge in [0, 0.05) is 19.6 Å². The predicted octanol–water partition coefficient (Wildman–Crippen LogP) is 3.02. The van der Waals surface area contributed by atoms with Crippen LogP contribution in [0.2, 0.25) is 0 Å². The van der Waals surface area contributed by atoms with Gasteiger partial charge in [-0.2, -0.15) is 0 Å². The molecule has 1 rings (SSSR count). The first-order valence-corrected chi connectivity index (χ1v) is 6.34. The molecule has 1 aromatic carbocycles. The minimum Gasteiger partial charge on any atom is -0.334 e. The molecule has 1 aromatic rings. The van der Waals surface area contributed by atoms with E-state index >= 15 is 0 Å². The molecule has 3 nitrogen and oxygen atoms in total. The van der Waals surface area contributed by atoms with Gasteiger partial charge in [-0.1, -0.05) is 43.7 Å². The summed E-state index contributed by atoms with van der Waals surface area (Å²) in [5.41, 5.74) is 1.13. The first-order chi connectivity index (χ1) is 8.27. The van der Waals surface area contributed by atoms with Crippen LogP contribution in [0, 0.1) is 0 Å². The molecule has 0 aromatic heterocycles. The molecular weight excluding hydrogens is 212 g/mol. The number of nitrogens with zero attached hydrogens (tertiary/aromatic N) is 1. The Hall–Kier alpha value is -1.51. The Kier molecular flexibility index (Phi) is 6.15. The molecule has 1 N–H and O–H groups in total. The third-order valence-corrected chi connectivity index (χ3v) is 2.74. The van der Waals surface area contributed by atoms with Crippen molar-refractivity contribution in [1.82, 2.24) is 10.2 Å². The zero-order chi connectivity index (χ0) is 12.5. The third kappa shape index (κ3) is 4.89. The fourth-order valence-electron chi connectivity index (χ4n) is 1.64. The lowest BCUT2D eigenvalue weighted by molar-refractivity contribution is 0.199. The van der Waals surface area contributed by atoms with Crippen LogP contribution in [-0.4, -0.2) is 24.0 Å². The van der Waals surface area contributed by atoms with Crippen LogP contribution in [0.25, 0.3) is 0 Å². The molecule has 17 heavy (non-hydrogen) atoms. The molecule has 0 heterocycles. The van der Waals surface area contributed by atoms with Crippen LogP contribution in [0.4, 0.5) is 4.79 Å². The van der Waals surface area contributed by atoms with Gasteiger partial charge >= 0.3 is 6.03 Å². The van der Waals surface area contributed by atoms with Crippen molar-refractivity contribution in [3.8, 4) is 0 Å². The topological polar surface area (TPSA) is 32.3 Å². The van der Waals surface area contributed by atoms with Gasteiger partial charge < -0.3 is 10.2 Å². The van der Waals surface area contributed by atoms with Crippen molar-refractivity contribution < 1.29 is 4.79 Å². The highest BCUT2D eigenvalue weighted by atomic mass is 16.2. The molecule has 0 saturated heterocycles. The van der Waals surface area contributed by atoms with E-state index in [1.54, 1.807) is 0 Å². The quantitative estimate of drug-likeness (QED) is 0.806. The van der Waals surface area contributed by atoms with Gasteiger partial charge in [0.25, 0.3) is 0 Å². The van der Waals surface area contributed by atoms with Crippen molar-refractivity contribution in [2.24, 2.45) is 0 Å². The highest BCUT2D eigenvalue weighted by Crippen LogP contribution is 1.99. The second kappa shape index (κ2) is 7.71. The Bertz CT molecular complexity index is 324. The van der Waals surface area contributed by atoms with E-state index in [-0.39, 0.29) is 6.03 Å². The van der Waals surface area contributed by atoms with Crippen LogP contribution in [0.5, 0.6) is 0 Å². The second-order valence-corrected chi connectivity index (χ2v) is 4.08. The van der Waals surface area contributed by atoms with E-state index < -0.39 is 0 Å². The van der Waals surface area contributed by atoms with Crippen LogP contribution < -0.4 is 5.32 Å². The molecule has 0 bridgehead atoms. The van der Waals surface area contributed by atoms with Gasteiger partial charge in [0.05, 0.1) is 0 Å². The molecule has 2 amide bonds. The van der Waals surface area contributed by atoms with Crippen molar-refractivity contribution in [3.63, 3.8) is 0 Å². The van der Waals surface area contributed by atoms with Crippen molar-refractivity contribution in [1.29, 1.82) is 0 Å². The summed E-state index contributed by atoms with van der Waals surface area (Å²) < 4.78 is 0. The Labute approximate surface area is 104 Å². The largest absolute Gasteiger partial charge is 0.334 e. The lowest BCUT2D eigenvalue weighted by atomic mass is 10.2. The van der Waals surface area contributed by atoms with Crippen molar-refractivity contribution in [2.75, 3.05) is 13.1 Å². The van der Waals surface area contributed by atoms with Gasteiger partial charge in [-0.25, -0.2) is 4.79 Å². The van der Waals surface area contributed by atoms with Crippen LogP contribution in [0.1, 0.15) is 32.3 Å². The lowest BCUT2D eigenvalue weighted by Gasteiger charge is -2.21. The number of unbranched alkanes of at least 4 members (excludes halogenated alkanes) is 1. The number of benzene rings is 1. The van der Waals surface area contributed by atoms with Gasteiger partial charge in [0.1, 0.15) is 0 Å². The molecule has 0 spiro atoms. The molecule has 3 heteroatoms. The fraction of sp³-hybridized carbons (Fsp3) is 0.500. The van der Waals surface area contributed by atoms with Crippen LogP contribution >= 0.6 is 0 Å². The summed E-state index contributed by atoms with van der Waals surface area (Å²) in [6, 6.07) is 10.0. The minimum atomic E-state index is 0.0322. The number of hydrogen-bond donors (Lipinski definition) is 1.